The Bertz CT molecular complexity index is 502. The Morgan fingerprint density at radius 3 is 2.24 bits per heavy atom. The van der Waals surface area contributed by atoms with Crippen LogP contribution in [0.15, 0.2) is 12.1 Å². The molecule has 0 radical (unpaired) electrons. The molecular weight excluding hydrogens is 286 g/mol. The van der Waals surface area contributed by atoms with Crippen LogP contribution in [0.4, 0.5) is 18.9 Å². The second-order valence-electron chi connectivity index (χ2n) is 2.84. The van der Waals surface area contributed by atoms with Gasteiger partial charge in [0.2, 0.25) is 0 Å². The summed E-state index contributed by atoms with van der Waals surface area (Å²) >= 11 is 10.8. The summed E-state index contributed by atoms with van der Waals surface area (Å²) in [6, 6.07) is 1.63. The number of carbonyl (C=O) groups is 1. The van der Waals surface area contributed by atoms with Crippen LogP contribution in [0.3, 0.4) is 0 Å². The van der Waals surface area contributed by atoms with E-state index in [4.69, 9.17) is 23.2 Å². The highest BCUT2D eigenvalue weighted by atomic mass is 35.5. The molecule has 0 aromatic heterocycles. The van der Waals surface area contributed by atoms with E-state index >= 15 is 0 Å². The smallest absolute Gasteiger partial charge is 0.284 e. The number of rotatable bonds is 2. The van der Waals surface area contributed by atoms with Crippen LogP contribution < -0.4 is 0 Å². The number of benzene rings is 1. The molecule has 0 unspecified atom stereocenters. The maximum absolute atomic E-state index is 12.2. The average Bonchev–Trinajstić information content (AvgIpc) is 2.19. The van der Waals surface area contributed by atoms with Gasteiger partial charge in [-0.3, -0.25) is 14.9 Å². The molecule has 0 N–H and O–H groups in total. The normalized spacial score (nSPS) is 11.4. The molecule has 17 heavy (non-hydrogen) atoms. The standard InChI is InChI=1S/C8H2Cl2F3NO3/c9-3-1-2-4(14(16)17)5(6(3)10)7(15)8(11,12)13/h1-2H. The van der Waals surface area contributed by atoms with Crippen LogP contribution in [-0.2, 0) is 0 Å². The summed E-state index contributed by atoms with van der Waals surface area (Å²) < 4.78 is 36.6. The van der Waals surface area contributed by atoms with Crippen molar-refractivity contribution in [2.75, 3.05) is 0 Å². The second-order valence-corrected chi connectivity index (χ2v) is 3.62. The molecule has 0 aliphatic rings. The summed E-state index contributed by atoms with van der Waals surface area (Å²) in [4.78, 5) is 20.4. The minimum Gasteiger partial charge on any atom is -0.284 e. The fraction of sp³-hybridized carbons (Fsp3) is 0.125. The molecule has 0 spiro atoms. The summed E-state index contributed by atoms with van der Waals surface area (Å²) in [5, 5.41) is 9.34. The van der Waals surface area contributed by atoms with Crippen LogP contribution in [-0.4, -0.2) is 16.9 Å². The predicted molar refractivity (Wildman–Crippen MR) is 53.5 cm³/mol. The first-order valence-electron chi connectivity index (χ1n) is 3.90. The zero-order valence-corrected chi connectivity index (χ0v) is 9.23. The van der Waals surface area contributed by atoms with E-state index in [9.17, 15) is 28.1 Å². The van der Waals surface area contributed by atoms with Gasteiger partial charge in [-0.2, -0.15) is 13.2 Å². The van der Waals surface area contributed by atoms with Gasteiger partial charge in [0.05, 0.1) is 15.0 Å². The van der Waals surface area contributed by atoms with E-state index in [1.54, 1.807) is 0 Å². The van der Waals surface area contributed by atoms with Crippen LogP contribution in [0.25, 0.3) is 0 Å². The van der Waals surface area contributed by atoms with Gasteiger partial charge in [0.15, 0.2) is 0 Å². The highest BCUT2D eigenvalue weighted by Gasteiger charge is 2.44. The molecule has 4 nitrogen and oxygen atoms in total. The number of carbonyl (C=O) groups excluding carboxylic acids is 1. The number of nitro groups is 1. The summed E-state index contributed by atoms with van der Waals surface area (Å²) in [7, 11) is 0. The topological polar surface area (TPSA) is 60.2 Å². The fourth-order valence-corrected chi connectivity index (χ4v) is 1.45. The van der Waals surface area contributed by atoms with E-state index < -0.39 is 33.2 Å². The molecular formula is C8H2Cl2F3NO3. The molecule has 92 valence electrons. The maximum Gasteiger partial charge on any atom is 0.455 e. The Balaban J connectivity index is 3.55. The minimum atomic E-state index is -5.26. The van der Waals surface area contributed by atoms with Crippen LogP contribution in [0.5, 0.6) is 0 Å². The van der Waals surface area contributed by atoms with Gasteiger partial charge in [-0.15, -0.1) is 0 Å². The van der Waals surface area contributed by atoms with Gasteiger partial charge in [-0.05, 0) is 6.07 Å². The zero-order chi connectivity index (χ0) is 13.4. The third-order valence-electron chi connectivity index (χ3n) is 1.75. The van der Waals surface area contributed by atoms with Crippen molar-refractivity contribution in [2.45, 2.75) is 6.18 Å². The fourth-order valence-electron chi connectivity index (χ4n) is 1.05. The van der Waals surface area contributed by atoms with Gasteiger partial charge < -0.3 is 0 Å². The molecule has 0 amide bonds. The third kappa shape index (κ3) is 2.67. The predicted octanol–water partition coefficient (Wildman–Crippen LogP) is 3.65. The van der Waals surface area contributed by atoms with Crippen molar-refractivity contribution in [1.29, 1.82) is 0 Å². The first kappa shape index (κ1) is 13.7. The van der Waals surface area contributed by atoms with Gasteiger partial charge in [0.25, 0.3) is 11.5 Å². The molecule has 0 bridgehead atoms. The van der Waals surface area contributed by atoms with Gasteiger partial charge in [0, 0.05) is 6.07 Å². The number of Topliss-reactive ketones (excluding diaryl/α,β-unsaturated/α-hetero) is 1. The van der Waals surface area contributed by atoms with Crippen LogP contribution in [0.2, 0.25) is 10.0 Å². The first-order valence-corrected chi connectivity index (χ1v) is 4.65. The monoisotopic (exact) mass is 287 g/mol. The molecule has 0 heterocycles. The number of nitrogens with zero attached hydrogens (tertiary/aromatic N) is 1. The van der Waals surface area contributed by atoms with E-state index in [0.717, 1.165) is 6.07 Å². The second kappa shape index (κ2) is 4.50. The molecule has 1 aromatic carbocycles. The Morgan fingerprint density at radius 1 is 1.29 bits per heavy atom. The summed E-state index contributed by atoms with van der Waals surface area (Å²) in [5.41, 5.74) is -2.29. The van der Waals surface area contributed by atoms with E-state index in [0.29, 0.717) is 6.07 Å². The van der Waals surface area contributed by atoms with Crippen molar-refractivity contribution in [3.63, 3.8) is 0 Å². The Kier molecular flexibility index (Phi) is 3.63. The van der Waals surface area contributed by atoms with E-state index in [-0.39, 0.29) is 5.02 Å². The molecule has 1 aromatic rings. The van der Waals surface area contributed by atoms with Crippen molar-refractivity contribution in [2.24, 2.45) is 0 Å². The van der Waals surface area contributed by atoms with Crippen molar-refractivity contribution >= 4 is 34.7 Å². The SMILES string of the molecule is O=C(c1c([N+](=O)[O-])ccc(Cl)c1Cl)C(F)(F)F. The van der Waals surface area contributed by atoms with E-state index in [1.165, 1.54) is 0 Å². The number of hydrogen-bond acceptors (Lipinski definition) is 3. The first-order chi connectivity index (χ1) is 7.66. The van der Waals surface area contributed by atoms with Crippen LogP contribution in [0.1, 0.15) is 10.4 Å². The highest BCUT2D eigenvalue weighted by molar-refractivity contribution is 6.44. The molecule has 0 aliphatic carbocycles. The van der Waals surface area contributed by atoms with E-state index in [2.05, 4.69) is 0 Å². The molecule has 0 saturated heterocycles. The van der Waals surface area contributed by atoms with Crippen molar-refractivity contribution in [3.8, 4) is 0 Å². The third-order valence-corrected chi connectivity index (χ3v) is 2.56. The molecule has 0 aliphatic heterocycles. The Hall–Kier alpha value is -1.34. The molecule has 0 atom stereocenters. The largest absolute Gasteiger partial charge is 0.455 e. The Morgan fingerprint density at radius 2 is 1.82 bits per heavy atom. The number of halogens is 5. The van der Waals surface area contributed by atoms with Crippen LogP contribution >= 0.6 is 23.2 Å². The van der Waals surface area contributed by atoms with Crippen molar-refractivity contribution < 1.29 is 22.9 Å². The van der Waals surface area contributed by atoms with Crippen molar-refractivity contribution in [1.82, 2.24) is 0 Å². The average molecular weight is 288 g/mol. The van der Waals surface area contributed by atoms with Gasteiger partial charge >= 0.3 is 6.18 Å². The molecule has 9 heteroatoms. The van der Waals surface area contributed by atoms with E-state index in [1.807, 2.05) is 0 Å². The summed E-state index contributed by atoms with van der Waals surface area (Å²) in [6.45, 7) is 0. The minimum absolute atomic E-state index is 0.370. The summed E-state index contributed by atoms with van der Waals surface area (Å²) in [6.07, 6.45) is -5.26. The maximum atomic E-state index is 12.2. The number of nitro benzene ring substituents is 1. The lowest BCUT2D eigenvalue weighted by Gasteiger charge is -2.08. The van der Waals surface area contributed by atoms with Crippen LogP contribution in [0, 0.1) is 10.1 Å². The molecule has 0 fully saturated rings. The zero-order valence-electron chi connectivity index (χ0n) is 7.72. The number of hydrogen-bond donors (Lipinski definition) is 0. The highest BCUT2D eigenvalue weighted by Crippen LogP contribution is 2.36. The lowest BCUT2D eigenvalue weighted by Crippen LogP contribution is -2.24. The number of alkyl halides is 3. The summed E-state index contributed by atoms with van der Waals surface area (Å²) in [5.74, 6) is -2.41. The van der Waals surface area contributed by atoms with Crippen molar-refractivity contribution in [3.05, 3.63) is 37.9 Å². The molecule has 0 saturated carbocycles. The lowest BCUT2D eigenvalue weighted by molar-refractivity contribution is -0.385. The lowest BCUT2D eigenvalue weighted by atomic mass is 10.1. The quantitative estimate of drug-likeness (QED) is 0.474. The van der Waals surface area contributed by atoms with Gasteiger partial charge in [-0.1, -0.05) is 23.2 Å². The molecule has 1 rings (SSSR count). The van der Waals surface area contributed by atoms with Gasteiger partial charge in [0.1, 0.15) is 5.56 Å². The van der Waals surface area contributed by atoms with Gasteiger partial charge in [-0.25, -0.2) is 0 Å². The number of ketones is 1. The Labute approximate surface area is 102 Å².